The molecular formula is C26H43NO3. The van der Waals surface area contributed by atoms with Gasteiger partial charge in [-0.2, -0.15) is 0 Å². The van der Waals surface area contributed by atoms with Crippen molar-refractivity contribution >= 4 is 0 Å². The van der Waals surface area contributed by atoms with E-state index in [0.717, 1.165) is 32.0 Å². The Morgan fingerprint density at radius 1 is 1.10 bits per heavy atom. The quantitative estimate of drug-likeness (QED) is 0.646. The molecule has 170 valence electrons. The lowest BCUT2D eigenvalue weighted by Gasteiger charge is -2.45. The highest BCUT2D eigenvalue weighted by Crippen LogP contribution is 2.59. The summed E-state index contributed by atoms with van der Waals surface area (Å²) in [5.41, 5.74) is 2.68. The second kappa shape index (κ2) is 8.69. The molecule has 4 rings (SSSR count). The van der Waals surface area contributed by atoms with Gasteiger partial charge in [-0.25, -0.2) is 0 Å². The fourth-order valence-corrected chi connectivity index (χ4v) is 7.47. The first-order valence-corrected chi connectivity index (χ1v) is 12.4. The highest BCUT2D eigenvalue weighted by Gasteiger charge is 2.51. The molecule has 1 heterocycles. The lowest BCUT2D eigenvalue weighted by atomic mass is 9.61. The molecule has 4 nitrogen and oxygen atoms in total. The third kappa shape index (κ3) is 4.72. The van der Waals surface area contributed by atoms with Gasteiger partial charge in [-0.15, -0.1) is 0 Å². The molecule has 0 spiro atoms. The van der Waals surface area contributed by atoms with Crippen LogP contribution in [0.25, 0.3) is 0 Å². The van der Waals surface area contributed by atoms with E-state index in [9.17, 15) is 15.3 Å². The van der Waals surface area contributed by atoms with Gasteiger partial charge in [-0.3, -0.25) is 0 Å². The summed E-state index contributed by atoms with van der Waals surface area (Å²) in [5, 5.41) is 30.3. The van der Waals surface area contributed by atoms with E-state index in [1.54, 1.807) is 5.57 Å². The zero-order chi connectivity index (χ0) is 21.5. The van der Waals surface area contributed by atoms with Crippen LogP contribution in [0.4, 0.5) is 0 Å². The first-order valence-electron chi connectivity index (χ1n) is 12.4. The molecule has 4 heteroatoms. The molecule has 0 amide bonds. The number of nitrogens with zero attached hydrogens (tertiary/aromatic N) is 1. The van der Waals surface area contributed by atoms with Crippen molar-refractivity contribution in [3.63, 3.8) is 0 Å². The Hall–Kier alpha value is -0.680. The van der Waals surface area contributed by atoms with Crippen LogP contribution in [-0.4, -0.2) is 57.7 Å². The van der Waals surface area contributed by atoms with Crippen LogP contribution in [0, 0.1) is 23.2 Å². The standard InChI is InChI=1S/C26H43NO3/c1-18(16-27-12-11-25(2,30)17-27)23-8-9-24-20(5-4-10-26(23,24)3)7-6-19-13-21(28)15-22(29)14-19/h6-7,18,21-24,28-30H,4-5,8-17H2,1-3H3/b19-6-,20-7+/t18-,21-,22+,23-,24+,25-,26-/m1/s1. The molecule has 0 radical (unpaired) electrons. The van der Waals surface area contributed by atoms with E-state index in [2.05, 4.69) is 30.9 Å². The Morgan fingerprint density at radius 2 is 1.83 bits per heavy atom. The average molecular weight is 418 g/mol. The van der Waals surface area contributed by atoms with Gasteiger partial charge in [0, 0.05) is 19.6 Å². The van der Waals surface area contributed by atoms with Crippen LogP contribution in [0.15, 0.2) is 23.3 Å². The zero-order valence-electron chi connectivity index (χ0n) is 19.3. The number of aliphatic hydroxyl groups excluding tert-OH is 2. The van der Waals surface area contributed by atoms with Crippen molar-refractivity contribution in [1.82, 2.24) is 4.90 Å². The van der Waals surface area contributed by atoms with Gasteiger partial charge in [-0.05, 0) is 87.9 Å². The SMILES string of the molecule is C[C@H](CN1CC[C@@](C)(O)C1)[C@H]1CC[C@H]2/C(=C/C=C3/C[C@@H](O)C[C@@H](O)C3)CCC[C@]12C. The van der Waals surface area contributed by atoms with Crippen LogP contribution in [0.3, 0.4) is 0 Å². The lowest BCUT2D eigenvalue weighted by molar-refractivity contribution is 0.0547. The molecule has 1 saturated heterocycles. The van der Waals surface area contributed by atoms with Crippen molar-refractivity contribution in [3.05, 3.63) is 23.3 Å². The summed E-state index contributed by atoms with van der Waals surface area (Å²) in [4.78, 5) is 2.48. The number of hydrogen-bond acceptors (Lipinski definition) is 4. The van der Waals surface area contributed by atoms with Crippen molar-refractivity contribution < 1.29 is 15.3 Å². The smallest absolute Gasteiger partial charge is 0.0758 e. The molecule has 1 aliphatic heterocycles. The summed E-state index contributed by atoms with van der Waals surface area (Å²) in [6.07, 6.45) is 13.0. The summed E-state index contributed by atoms with van der Waals surface area (Å²) < 4.78 is 0. The van der Waals surface area contributed by atoms with E-state index < -0.39 is 17.8 Å². The molecule has 0 aromatic carbocycles. The molecule has 4 aliphatic rings. The largest absolute Gasteiger partial charge is 0.393 e. The van der Waals surface area contributed by atoms with Crippen LogP contribution in [0.2, 0.25) is 0 Å². The Bertz CT molecular complexity index is 672. The molecule has 3 N–H and O–H groups in total. The van der Waals surface area contributed by atoms with Gasteiger partial charge < -0.3 is 20.2 Å². The van der Waals surface area contributed by atoms with E-state index in [1.165, 1.54) is 37.7 Å². The molecule has 30 heavy (non-hydrogen) atoms. The fraction of sp³-hybridized carbons (Fsp3) is 0.846. The zero-order valence-corrected chi connectivity index (χ0v) is 19.3. The van der Waals surface area contributed by atoms with Crippen molar-refractivity contribution in [1.29, 1.82) is 0 Å². The summed E-state index contributed by atoms with van der Waals surface area (Å²) in [6, 6.07) is 0. The molecular weight excluding hydrogens is 374 g/mol. The minimum absolute atomic E-state index is 0.385. The number of rotatable bonds is 4. The molecule has 0 bridgehead atoms. The van der Waals surface area contributed by atoms with Gasteiger partial charge in [-0.1, -0.05) is 37.1 Å². The third-order valence-corrected chi connectivity index (χ3v) is 8.87. The average Bonchev–Trinajstić information content (AvgIpc) is 3.18. The van der Waals surface area contributed by atoms with Crippen LogP contribution >= 0.6 is 0 Å². The van der Waals surface area contributed by atoms with Crippen LogP contribution < -0.4 is 0 Å². The Morgan fingerprint density at radius 3 is 2.50 bits per heavy atom. The second-order valence-corrected chi connectivity index (χ2v) is 11.6. The van der Waals surface area contributed by atoms with E-state index in [0.29, 0.717) is 36.5 Å². The molecule has 7 atom stereocenters. The first kappa shape index (κ1) is 22.5. The number of likely N-dealkylation sites (tertiary alicyclic amines) is 1. The molecule has 0 aromatic rings. The molecule has 3 aliphatic carbocycles. The number of allylic oxidation sites excluding steroid dienone is 3. The molecule has 0 unspecified atom stereocenters. The maximum atomic E-state index is 10.3. The highest BCUT2D eigenvalue weighted by atomic mass is 16.3. The van der Waals surface area contributed by atoms with Crippen molar-refractivity contribution in [2.24, 2.45) is 23.2 Å². The van der Waals surface area contributed by atoms with Crippen LogP contribution in [-0.2, 0) is 0 Å². The topological polar surface area (TPSA) is 63.9 Å². The van der Waals surface area contributed by atoms with Crippen molar-refractivity contribution in [3.8, 4) is 0 Å². The maximum Gasteiger partial charge on any atom is 0.0758 e. The number of fused-ring (bicyclic) bond motifs is 1. The minimum atomic E-state index is -0.504. The summed E-state index contributed by atoms with van der Waals surface area (Å²) in [6.45, 7) is 9.92. The van der Waals surface area contributed by atoms with E-state index in [1.807, 2.05) is 6.92 Å². The summed E-state index contributed by atoms with van der Waals surface area (Å²) >= 11 is 0. The van der Waals surface area contributed by atoms with Gasteiger partial charge in [0.15, 0.2) is 0 Å². The van der Waals surface area contributed by atoms with Gasteiger partial charge in [0.05, 0.1) is 17.8 Å². The van der Waals surface area contributed by atoms with Crippen LogP contribution in [0.1, 0.15) is 78.6 Å². The number of aliphatic hydroxyl groups is 3. The van der Waals surface area contributed by atoms with Gasteiger partial charge in [0.1, 0.15) is 0 Å². The highest BCUT2D eigenvalue weighted by molar-refractivity contribution is 5.26. The third-order valence-electron chi connectivity index (χ3n) is 8.87. The Labute approximate surface area is 183 Å². The van der Waals surface area contributed by atoms with E-state index in [4.69, 9.17) is 0 Å². The normalized spacial score (nSPS) is 46.5. The summed E-state index contributed by atoms with van der Waals surface area (Å²) in [7, 11) is 0. The predicted molar refractivity (Wildman–Crippen MR) is 121 cm³/mol. The van der Waals surface area contributed by atoms with Crippen molar-refractivity contribution in [2.75, 3.05) is 19.6 Å². The molecule has 3 saturated carbocycles. The van der Waals surface area contributed by atoms with E-state index >= 15 is 0 Å². The number of hydrogen-bond donors (Lipinski definition) is 3. The van der Waals surface area contributed by atoms with Crippen molar-refractivity contribution in [2.45, 2.75) is 96.4 Å². The Balaban J connectivity index is 1.44. The summed E-state index contributed by atoms with van der Waals surface area (Å²) in [5.74, 6) is 2.09. The predicted octanol–water partition coefficient (Wildman–Crippen LogP) is 4.05. The van der Waals surface area contributed by atoms with Gasteiger partial charge in [0.25, 0.3) is 0 Å². The number of β-amino-alcohol motifs (C(OH)–C–C–N with tert-alkyl or cyclic N) is 1. The molecule has 4 fully saturated rings. The maximum absolute atomic E-state index is 10.3. The van der Waals surface area contributed by atoms with Crippen LogP contribution in [0.5, 0.6) is 0 Å². The Kier molecular flexibility index (Phi) is 6.52. The molecule has 0 aromatic heterocycles. The van der Waals surface area contributed by atoms with Gasteiger partial charge in [0.2, 0.25) is 0 Å². The fourth-order valence-electron chi connectivity index (χ4n) is 7.47. The van der Waals surface area contributed by atoms with Gasteiger partial charge >= 0.3 is 0 Å². The second-order valence-electron chi connectivity index (χ2n) is 11.6. The first-order chi connectivity index (χ1) is 14.2. The minimum Gasteiger partial charge on any atom is -0.393 e. The lowest BCUT2D eigenvalue weighted by Crippen LogP contribution is -2.40. The van der Waals surface area contributed by atoms with E-state index in [-0.39, 0.29) is 0 Å². The monoisotopic (exact) mass is 417 g/mol.